The molecule has 2 amide bonds. The Morgan fingerprint density at radius 1 is 1.26 bits per heavy atom. The fourth-order valence-corrected chi connectivity index (χ4v) is 5.11. The summed E-state index contributed by atoms with van der Waals surface area (Å²) in [6.45, 7) is 0.509. The molecule has 6 nitrogen and oxygen atoms in total. The van der Waals surface area contributed by atoms with Crippen LogP contribution >= 0.6 is 11.3 Å². The summed E-state index contributed by atoms with van der Waals surface area (Å²) >= 11 is 1.59. The summed E-state index contributed by atoms with van der Waals surface area (Å²) in [5.41, 5.74) is 2.37. The summed E-state index contributed by atoms with van der Waals surface area (Å²) in [6.07, 6.45) is 3.06. The molecule has 1 aliphatic heterocycles. The molecule has 0 spiro atoms. The average Bonchev–Trinajstić information content (AvgIpc) is 3.47. The van der Waals surface area contributed by atoms with Crippen molar-refractivity contribution in [2.45, 2.75) is 44.1 Å². The van der Waals surface area contributed by atoms with Crippen molar-refractivity contribution in [1.82, 2.24) is 15.6 Å². The summed E-state index contributed by atoms with van der Waals surface area (Å²) in [5, 5.41) is 9.04. The van der Waals surface area contributed by atoms with Crippen molar-refractivity contribution < 1.29 is 18.7 Å². The number of halogens is 1. The largest absolute Gasteiger partial charge is 0.494 e. The van der Waals surface area contributed by atoms with Crippen LogP contribution in [0, 0.1) is 5.82 Å². The first-order valence-corrected chi connectivity index (χ1v) is 12.2. The van der Waals surface area contributed by atoms with E-state index < -0.39 is 11.4 Å². The molecule has 178 valence electrons. The van der Waals surface area contributed by atoms with Gasteiger partial charge in [0, 0.05) is 42.3 Å². The van der Waals surface area contributed by atoms with E-state index in [4.69, 9.17) is 4.74 Å². The van der Waals surface area contributed by atoms with Crippen molar-refractivity contribution in [3.8, 4) is 17.0 Å². The lowest BCUT2D eigenvalue weighted by atomic mass is 9.85. The fraction of sp³-hybridized carbons (Fsp3) is 0.346. The van der Waals surface area contributed by atoms with Crippen LogP contribution in [0.3, 0.4) is 0 Å². The van der Waals surface area contributed by atoms with Crippen LogP contribution < -0.4 is 15.4 Å². The highest BCUT2D eigenvalue weighted by molar-refractivity contribution is 7.09. The monoisotopic (exact) mass is 481 g/mol. The Morgan fingerprint density at radius 3 is 2.82 bits per heavy atom. The first-order valence-electron chi connectivity index (χ1n) is 11.4. The van der Waals surface area contributed by atoms with Gasteiger partial charge in [-0.25, -0.2) is 9.37 Å². The Bertz CT molecular complexity index is 1150. The van der Waals surface area contributed by atoms with E-state index in [1.165, 1.54) is 13.2 Å². The zero-order valence-electron chi connectivity index (χ0n) is 19.1. The number of carbonyl (C=O) groups excluding carboxylic acids is 2. The third-order valence-corrected chi connectivity index (χ3v) is 7.01. The van der Waals surface area contributed by atoms with E-state index in [1.807, 2.05) is 35.7 Å². The van der Waals surface area contributed by atoms with Crippen molar-refractivity contribution in [2.24, 2.45) is 0 Å². The molecule has 0 aliphatic carbocycles. The molecule has 1 unspecified atom stereocenters. The van der Waals surface area contributed by atoms with Crippen molar-refractivity contribution in [3.63, 3.8) is 0 Å². The molecular formula is C26H28FN3O3S. The van der Waals surface area contributed by atoms with Gasteiger partial charge in [0.1, 0.15) is 0 Å². The minimum atomic E-state index is -0.517. The molecule has 1 saturated heterocycles. The number of ether oxygens (including phenoxy) is 1. The Balaban J connectivity index is 1.29. The van der Waals surface area contributed by atoms with Crippen molar-refractivity contribution in [3.05, 3.63) is 70.3 Å². The van der Waals surface area contributed by atoms with Gasteiger partial charge in [-0.15, -0.1) is 11.3 Å². The quantitative estimate of drug-likeness (QED) is 0.453. The number of carbonyl (C=O) groups is 2. The van der Waals surface area contributed by atoms with Gasteiger partial charge >= 0.3 is 0 Å². The second-order valence-corrected chi connectivity index (χ2v) is 9.51. The average molecular weight is 482 g/mol. The first-order chi connectivity index (χ1) is 16.5. The van der Waals surface area contributed by atoms with Gasteiger partial charge in [0.05, 0.1) is 17.8 Å². The summed E-state index contributed by atoms with van der Waals surface area (Å²) in [5.74, 6) is -0.330. The second kappa shape index (κ2) is 10.8. The van der Waals surface area contributed by atoms with Crippen LogP contribution in [-0.4, -0.2) is 36.0 Å². The minimum absolute atomic E-state index is 0.0209. The Kier molecular flexibility index (Phi) is 7.57. The fourth-order valence-electron chi connectivity index (χ4n) is 4.30. The Hall–Kier alpha value is -3.26. The van der Waals surface area contributed by atoms with Crippen molar-refractivity contribution >= 4 is 23.2 Å². The predicted molar refractivity (Wildman–Crippen MR) is 130 cm³/mol. The van der Waals surface area contributed by atoms with E-state index in [9.17, 15) is 14.0 Å². The van der Waals surface area contributed by atoms with Crippen LogP contribution in [0.5, 0.6) is 5.75 Å². The van der Waals surface area contributed by atoms with Gasteiger partial charge in [-0.1, -0.05) is 36.4 Å². The van der Waals surface area contributed by atoms with E-state index in [0.29, 0.717) is 45.1 Å². The maximum atomic E-state index is 13.8. The van der Waals surface area contributed by atoms with Gasteiger partial charge in [0.25, 0.3) is 0 Å². The molecule has 0 saturated carbocycles. The molecule has 34 heavy (non-hydrogen) atoms. The van der Waals surface area contributed by atoms with Crippen molar-refractivity contribution in [2.75, 3.05) is 13.7 Å². The zero-order chi connectivity index (χ0) is 24.0. The number of methoxy groups -OCH3 is 1. The number of aromatic nitrogens is 1. The van der Waals surface area contributed by atoms with Gasteiger partial charge in [0.15, 0.2) is 11.6 Å². The zero-order valence-corrected chi connectivity index (χ0v) is 19.9. The molecule has 4 rings (SSSR count). The SMILES string of the molecule is COc1cc(CC2(CCC(=O)NCCc3nc(-c4ccccc4)cs3)CCC(=O)N2)ccc1F. The molecule has 0 bridgehead atoms. The van der Waals surface area contributed by atoms with Crippen molar-refractivity contribution in [1.29, 1.82) is 0 Å². The highest BCUT2D eigenvalue weighted by Gasteiger charge is 2.38. The summed E-state index contributed by atoms with van der Waals surface area (Å²) < 4.78 is 18.9. The molecule has 2 N–H and O–H groups in total. The highest BCUT2D eigenvalue weighted by Crippen LogP contribution is 2.31. The molecular weight excluding hydrogens is 453 g/mol. The maximum absolute atomic E-state index is 13.8. The molecule has 2 aromatic carbocycles. The maximum Gasteiger partial charge on any atom is 0.220 e. The number of nitrogens with one attached hydrogen (secondary N) is 2. The second-order valence-electron chi connectivity index (χ2n) is 8.57. The number of rotatable bonds is 10. The lowest BCUT2D eigenvalue weighted by Gasteiger charge is -2.29. The summed E-state index contributed by atoms with van der Waals surface area (Å²) in [4.78, 5) is 29.2. The summed E-state index contributed by atoms with van der Waals surface area (Å²) in [7, 11) is 1.42. The first kappa shape index (κ1) is 23.9. The third kappa shape index (κ3) is 5.99. The van der Waals surface area contributed by atoms with Gasteiger partial charge < -0.3 is 15.4 Å². The topological polar surface area (TPSA) is 80.3 Å². The van der Waals surface area contributed by atoms with Crippen LogP contribution in [-0.2, 0) is 22.4 Å². The number of hydrogen-bond donors (Lipinski definition) is 2. The summed E-state index contributed by atoms with van der Waals surface area (Å²) in [6, 6.07) is 14.7. The van der Waals surface area contributed by atoms with Crippen LogP contribution in [0.1, 0.15) is 36.3 Å². The minimum Gasteiger partial charge on any atom is -0.494 e. The molecule has 1 fully saturated rings. The lowest BCUT2D eigenvalue weighted by molar-refractivity contribution is -0.122. The van der Waals surface area contributed by atoms with Gasteiger partial charge in [-0.2, -0.15) is 0 Å². The molecule has 1 atom stereocenters. The van der Waals surface area contributed by atoms with E-state index in [0.717, 1.165) is 21.8 Å². The normalized spacial score (nSPS) is 17.4. The third-order valence-electron chi connectivity index (χ3n) is 6.11. The number of benzene rings is 2. The molecule has 1 aliphatic rings. The highest BCUT2D eigenvalue weighted by atomic mass is 32.1. The van der Waals surface area contributed by atoms with E-state index in [-0.39, 0.29) is 17.6 Å². The molecule has 3 aromatic rings. The van der Waals surface area contributed by atoms with Crippen LogP contribution in [0.25, 0.3) is 11.3 Å². The Morgan fingerprint density at radius 2 is 2.09 bits per heavy atom. The predicted octanol–water partition coefficient (Wildman–Crippen LogP) is 4.29. The number of thiazole rings is 1. The number of amides is 2. The lowest BCUT2D eigenvalue weighted by Crippen LogP contribution is -2.44. The van der Waals surface area contributed by atoms with E-state index >= 15 is 0 Å². The van der Waals surface area contributed by atoms with Crippen LogP contribution in [0.2, 0.25) is 0 Å². The number of hydrogen-bond acceptors (Lipinski definition) is 5. The molecule has 2 heterocycles. The molecule has 8 heteroatoms. The Labute approximate surface area is 202 Å². The smallest absolute Gasteiger partial charge is 0.220 e. The van der Waals surface area contributed by atoms with Gasteiger partial charge in [0.2, 0.25) is 11.8 Å². The number of nitrogens with zero attached hydrogens (tertiary/aromatic N) is 1. The van der Waals surface area contributed by atoms with Crippen LogP contribution in [0.15, 0.2) is 53.9 Å². The van der Waals surface area contributed by atoms with Gasteiger partial charge in [-0.3, -0.25) is 9.59 Å². The van der Waals surface area contributed by atoms with E-state index in [1.54, 1.807) is 23.5 Å². The molecule has 0 radical (unpaired) electrons. The van der Waals surface area contributed by atoms with Crippen LogP contribution in [0.4, 0.5) is 4.39 Å². The van der Waals surface area contributed by atoms with Gasteiger partial charge in [-0.05, 0) is 37.0 Å². The van der Waals surface area contributed by atoms with E-state index in [2.05, 4.69) is 15.6 Å². The molecule has 1 aromatic heterocycles. The standard InChI is InChI=1S/C26H28FN3O3S/c1-33-22-15-18(7-8-20(22)27)16-26(13-10-24(32)30-26)12-9-23(31)28-14-11-25-29-21(17-34-25)19-5-3-2-4-6-19/h2-8,15,17H,9-14,16H2,1H3,(H,28,31)(H,30,32).